The molecule has 0 saturated carbocycles. The van der Waals surface area contributed by atoms with E-state index in [9.17, 15) is 9.90 Å². The number of aliphatic carboxylic acids is 1. The van der Waals surface area contributed by atoms with E-state index in [0.717, 1.165) is 18.4 Å². The Balaban J connectivity index is 2.68. The number of hydrogen-bond acceptors (Lipinski definition) is 4. The van der Waals surface area contributed by atoms with Crippen molar-refractivity contribution in [2.24, 2.45) is 11.8 Å². The van der Waals surface area contributed by atoms with Gasteiger partial charge in [0.25, 0.3) is 0 Å². The van der Waals surface area contributed by atoms with Crippen molar-refractivity contribution < 1.29 is 19.4 Å². The minimum atomic E-state index is -0.725. The SMILES string of the molecule is CCC(Cc1ccc(OC)c(OC)c1)NCC(CC(C)C)C(=O)O. The summed E-state index contributed by atoms with van der Waals surface area (Å²) < 4.78 is 10.6. The summed E-state index contributed by atoms with van der Waals surface area (Å²) in [6.45, 7) is 6.71. The fourth-order valence-corrected chi connectivity index (χ4v) is 2.80. The van der Waals surface area contributed by atoms with Crippen LogP contribution in [0.25, 0.3) is 0 Å². The Morgan fingerprint density at radius 3 is 2.38 bits per heavy atom. The van der Waals surface area contributed by atoms with Crippen LogP contribution in [0.15, 0.2) is 18.2 Å². The summed E-state index contributed by atoms with van der Waals surface area (Å²) in [7, 11) is 3.25. The van der Waals surface area contributed by atoms with Gasteiger partial charge >= 0.3 is 5.97 Å². The van der Waals surface area contributed by atoms with Crippen LogP contribution in [-0.2, 0) is 11.2 Å². The maximum atomic E-state index is 11.4. The molecule has 2 N–H and O–H groups in total. The van der Waals surface area contributed by atoms with Gasteiger partial charge in [0.05, 0.1) is 20.1 Å². The van der Waals surface area contributed by atoms with E-state index in [0.29, 0.717) is 30.4 Å². The molecule has 0 fully saturated rings. The van der Waals surface area contributed by atoms with E-state index in [1.54, 1.807) is 14.2 Å². The van der Waals surface area contributed by atoms with Crippen molar-refractivity contribution in [3.63, 3.8) is 0 Å². The zero-order valence-electron chi connectivity index (χ0n) is 15.5. The number of carbonyl (C=O) groups is 1. The summed E-state index contributed by atoms with van der Waals surface area (Å²) in [6, 6.07) is 6.14. The Bertz CT molecular complexity index is 516. The van der Waals surface area contributed by atoms with E-state index >= 15 is 0 Å². The van der Waals surface area contributed by atoms with Crippen LogP contribution in [-0.4, -0.2) is 37.9 Å². The number of benzene rings is 1. The highest BCUT2D eigenvalue weighted by atomic mass is 16.5. The second kappa shape index (κ2) is 10.2. The van der Waals surface area contributed by atoms with Crippen molar-refractivity contribution in [1.82, 2.24) is 5.32 Å². The molecule has 2 atom stereocenters. The van der Waals surface area contributed by atoms with Crippen molar-refractivity contribution in [2.45, 2.75) is 46.1 Å². The van der Waals surface area contributed by atoms with Crippen LogP contribution in [0, 0.1) is 11.8 Å². The number of ether oxygens (including phenoxy) is 2. The summed E-state index contributed by atoms with van der Waals surface area (Å²) in [5, 5.41) is 12.8. The Labute approximate surface area is 145 Å². The van der Waals surface area contributed by atoms with E-state index in [-0.39, 0.29) is 12.0 Å². The average molecular weight is 337 g/mol. The molecule has 5 heteroatoms. The molecule has 5 nitrogen and oxygen atoms in total. The van der Waals surface area contributed by atoms with Crippen LogP contribution in [0.4, 0.5) is 0 Å². The molecule has 1 rings (SSSR count). The van der Waals surface area contributed by atoms with Gasteiger partial charge in [-0.25, -0.2) is 0 Å². The van der Waals surface area contributed by atoms with Crippen LogP contribution in [0.2, 0.25) is 0 Å². The predicted octanol–water partition coefficient (Wildman–Crippen LogP) is 3.36. The molecule has 1 aromatic carbocycles. The van der Waals surface area contributed by atoms with Gasteiger partial charge in [0, 0.05) is 12.6 Å². The Morgan fingerprint density at radius 2 is 1.88 bits per heavy atom. The highest BCUT2D eigenvalue weighted by Gasteiger charge is 2.20. The second-order valence-electron chi connectivity index (χ2n) is 6.57. The fourth-order valence-electron chi connectivity index (χ4n) is 2.80. The normalized spacial score (nSPS) is 13.6. The van der Waals surface area contributed by atoms with Gasteiger partial charge < -0.3 is 19.9 Å². The topological polar surface area (TPSA) is 67.8 Å². The summed E-state index contributed by atoms with van der Waals surface area (Å²) in [4.78, 5) is 11.4. The molecule has 0 heterocycles. The molecular weight excluding hydrogens is 306 g/mol. The first-order valence-corrected chi connectivity index (χ1v) is 8.58. The van der Waals surface area contributed by atoms with E-state index in [4.69, 9.17) is 9.47 Å². The lowest BCUT2D eigenvalue weighted by Crippen LogP contribution is -2.37. The molecular formula is C19H31NO4. The lowest BCUT2D eigenvalue weighted by molar-refractivity contribution is -0.142. The van der Waals surface area contributed by atoms with Crippen molar-refractivity contribution in [3.05, 3.63) is 23.8 Å². The van der Waals surface area contributed by atoms with Crippen LogP contribution < -0.4 is 14.8 Å². The molecule has 0 amide bonds. The number of hydrogen-bond donors (Lipinski definition) is 2. The van der Waals surface area contributed by atoms with Crippen LogP contribution in [0.5, 0.6) is 11.5 Å². The van der Waals surface area contributed by atoms with Gasteiger partial charge in [-0.05, 0) is 42.9 Å². The zero-order valence-corrected chi connectivity index (χ0v) is 15.5. The predicted molar refractivity (Wildman–Crippen MR) is 95.9 cm³/mol. The molecule has 0 aromatic heterocycles. The van der Waals surface area contributed by atoms with E-state index in [2.05, 4.69) is 26.1 Å². The molecule has 1 aromatic rings. The monoisotopic (exact) mass is 337 g/mol. The van der Waals surface area contributed by atoms with Crippen LogP contribution >= 0.6 is 0 Å². The molecule has 0 saturated heterocycles. The molecule has 0 spiro atoms. The number of rotatable bonds is 11. The van der Waals surface area contributed by atoms with Gasteiger partial charge in [0.1, 0.15) is 0 Å². The number of nitrogens with one attached hydrogen (secondary N) is 1. The van der Waals surface area contributed by atoms with Gasteiger partial charge in [-0.2, -0.15) is 0 Å². The van der Waals surface area contributed by atoms with Gasteiger partial charge in [-0.3, -0.25) is 4.79 Å². The molecule has 0 aliphatic rings. The molecule has 2 unspecified atom stereocenters. The average Bonchev–Trinajstić information content (AvgIpc) is 2.56. The maximum absolute atomic E-state index is 11.4. The van der Waals surface area contributed by atoms with Gasteiger partial charge in [0.15, 0.2) is 11.5 Å². The first kappa shape index (κ1) is 20.3. The molecule has 24 heavy (non-hydrogen) atoms. The molecule has 0 radical (unpaired) electrons. The number of carboxylic acids is 1. The van der Waals surface area contributed by atoms with Crippen molar-refractivity contribution >= 4 is 5.97 Å². The van der Waals surface area contributed by atoms with E-state index < -0.39 is 5.97 Å². The number of methoxy groups -OCH3 is 2. The smallest absolute Gasteiger partial charge is 0.307 e. The molecule has 0 aliphatic carbocycles. The van der Waals surface area contributed by atoms with Gasteiger partial charge in [-0.1, -0.05) is 26.8 Å². The third kappa shape index (κ3) is 6.40. The highest BCUT2D eigenvalue weighted by molar-refractivity contribution is 5.70. The minimum absolute atomic E-state index is 0.233. The standard InChI is InChI=1S/C19H31NO4/c1-6-16(20-12-15(19(21)22)9-13(2)3)10-14-7-8-17(23-4)18(11-14)24-5/h7-8,11,13,15-16,20H,6,9-10,12H2,1-5H3,(H,21,22). The van der Waals surface area contributed by atoms with Crippen molar-refractivity contribution in [2.75, 3.05) is 20.8 Å². The highest BCUT2D eigenvalue weighted by Crippen LogP contribution is 2.28. The quantitative estimate of drug-likeness (QED) is 0.648. The summed E-state index contributed by atoms with van der Waals surface area (Å²) >= 11 is 0. The minimum Gasteiger partial charge on any atom is -0.493 e. The first-order valence-electron chi connectivity index (χ1n) is 8.58. The largest absolute Gasteiger partial charge is 0.493 e. The lowest BCUT2D eigenvalue weighted by atomic mass is 9.96. The third-order valence-electron chi connectivity index (χ3n) is 4.18. The fraction of sp³-hybridized carbons (Fsp3) is 0.632. The Kier molecular flexibility index (Phi) is 8.61. The second-order valence-corrected chi connectivity index (χ2v) is 6.57. The van der Waals surface area contributed by atoms with Crippen LogP contribution in [0.1, 0.15) is 39.2 Å². The van der Waals surface area contributed by atoms with Gasteiger partial charge in [-0.15, -0.1) is 0 Å². The van der Waals surface area contributed by atoms with E-state index in [1.807, 2.05) is 18.2 Å². The Morgan fingerprint density at radius 1 is 1.21 bits per heavy atom. The Hall–Kier alpha value is -1.75. The number of carboxylic acid groups (broad SMARTS) is 1. The summed E-state index contributed by atoms with van der Waals surface area (Å²) in [6.07, 6.45) is 2.45. The summed E-state index contributed by atoms with van der Waals surface area (Å²) in [5.74, 6) is 0.735. The van der Waals surface area contributed by atoms with Crippen molar-refractivity contribution in [1.29, 1.82) is 0 Å². The third-order valence-corrected chi connectivity index (χ3v) is 4.18. The maximum Gasteiger partial charge on any atom is 0.307 e. The van der Waals surface area contributed by atoms with E-state index in [1.165, 1.54) is 0 Å². The molecule has 0 bridgehead atoms. The molecule has 0 aliphatic heterocycles. The van der Waals surface area contributed by atoms with Crippen molar-refractivity contribution in [3.8, 4) is 11.5 Å². The molecule has 136 valence electrons. The van der Waals surface area contributed by atoms with Gasteiger partial charge in [0.2, 0.25) is 0 Å². The lowest BCUT2D eigenvalue weighted by Gasteiger charge is -2.21. The first-order chi connectivity index (χ1) is 11.4. The summed E-state index contributed by atoms with van der Waals surface area (Å²) in [5.41, 5.74) is 1.14. The zero-order chi connectivity index (χ0) is 18.1. The van der Waals surface area contributed by atoms with Crippen LogP contribution in [0.3, 0.4) is 0 Å².